The summed E-state index contributed by atoms with van der Waals surface area (Å²) < 4.78 is 12.6. The summed E-state index contributed by atoms with van der Waals surface area (Å²) in [6.45, 7) is 7.39. The molecule has 3 heterocycles. The fourth-order valence-corrected chi connectivity index (χ4v) is 8.01. The molecule has 1 saturated heterocycles. The monoisotopic (exact) mass is 524 g/mol. The number of hydrogen-bond donors (Lipinski definition) is 1. The Morgan fingerprint density at radius 2 is 1.71 bits per heavy atom. The van der Waals surface area contributed by atoms with E-state index in [2.05, 4.69) is 65.3 Å². The van der Waals surface area contributed by atoms with Gasteiger partial charge >= 0.3 is 0 Å². The molecular weight excluding hydrogens is 488 g/mol. The zero-order valence-electron chi connectivity index (χ0n) is 22.4. The second kappa shape index (κ2) is 9.42. The Bertz CT molecular complexity index is 1510. The van der Waals surface area contributed by atoms with Gasteiger partial charge in [0, 0.05) is 38.9 Å². The number of nitrogens with one attached hydrogen (secondary N) is 1. The molecule has 1 saturated carbocycles. The number of aromatic nitrogens is 3. The number of H-pyrrole nitrogens is 1. The van der Waals surface area contributed by atoms with Crippen LogP contribution in [0.4, 0.5) is 0 Å². The molecule has 2 fully saturated rings. The summed E-state index contributed by atoms with van der Waals surface area (Å²) in [4.78, 5) is 8.37. The zero-order valence-corrected chi connectivity index (χ0v) is 23.2. The molecule has 2 aromatic carbocycles. The lowest BCUT2D eigenvalue weighted by molar-refractivity contribution is 0.196. The topological polar surface area (TPSA) is 61.9 Å². The molecule has 0 radical (unpaired) electrons. The zero-order chi connectivity index (χ0) is 25.9. The van der Waals surface area contributed by atoms with Crippen LogP contribution in [0.15, 0.2) is 59.6 Å². The number of pyridine rings is 1. The van der Waals surface area contributed by atoms with Gasteiger partial charge in [-0.05, 0) is 98.3 Å². The van der Waals surface area contributed by atoms with E-state index in [9.17, 15) is 4.21 Å². The molecule has 0 bridgehead atoms. The van der Waals surface area contributed by atoms with E-state index in [0.29, 0.717) is 11.3 Å². The first-order chi connectivity index (χ1) is 18.5. The summed E-state index contributed by atoms with van der Waals surface area (Å²) in [7, 11) is -0.888. The SMILES string of the molecule is CC1(C)CC(N2CCCC2)CCc2ccc(-c3cnc4n[nH]c(-c5ccc(S(=O)C6CC6)cc5)c4c3)cc21. The van der Waals surface area contributed by atoms with Crippen LogP contribution < -0.4 is 0 Å². The van der Waals surface area contributed by atoms with Gasteiger partial charge in [-0.2, -0.15) is 5.10 Å². The average Bonchev–Trinajstić information content (AvgIpc) is 3.50. The molecule has 0 spiro atoms. The summed E-state index contributed by atoms with van der Waals surface area (Å²) in [6.07, 6.45) is 10.4. The first-order valence-electron chi connectivity index (χ1n) is 14.2. The van der Waals surface area contributed by atoms with Crippen LogP contribution in [-0.2, 0) is 22.6 Å². The summed E-state index contributed by atoms with van der Waals surface area (Å²) in [5.74, 6) is 0. The van der Waals surface area contributed by atoms with E-state index >= 15 is 0 Å². The fourth-order valence-electron chi connectivity index (χ4n) is 6.65. The molecule has 6 heteroatoms. The molecule has 2 unspecified atom stereocenters. The van der Waals surface area contributed by atoms with Gasteiger partial charge in [0.05, 0.1) is 16.5 Å². The number of fused-ring (bicyclic) bond motifs is 2. The molecule has 2 aliphatic carbocycles. The Balaban J connectivity index is 1.21. The summed E-state index contributed by atoms with van der Waals surface area (Å²) >= 11 is 0. The van der Waals surface area contributed by atoms with Crippen LogP contribution in [0, 0.1) is 0 Å². The van der Waals surface area contributed by atoms with Gasteiger partial charge in [-0.1, -0.05) is 44.2 Å². The van der Waals surface area contributed by atoms with Crippen molar-refractivity contribution >= 4 is 21.8 Å². The lowest BCUT2D eigenvalue weighted by atomic mass is 9.77. The third kappa shape index (κ3) is 4.42. The Hall–Kier alpha value is -2.83. The quantitative estimate of drug-likeness (QED) is 0.297. The maximum atomic E-state index is 12.6. The Kier molecular flexibility index (Phi) is 6.01. The van der Waals surface area contributed by atoms with Crippen LogP contribution >= 0.6 is 0 Å². The predicted octanol–water partition coefficient (Wildman–Crippen LogP) is 6.64. The van der Waals surface area contributed by atoms with E-state index in [4.69, 9.17) is 4.98 Å². The third-order valence-corrected chi connectivity index (χ3v) is 10.7. The molecule has 4 aromatic rings. The molecule has 3 aliphatic rings. The Labute approximate surface area is 227 Å². The minimum atomic E-state index is -0.888. The summed E-state index contributed by atoms with van der Waals surface area (Å²) in [6, 6.07) is 18.1. The number of aryl methyl sites for hydroxylation is 1. The van der Waals surface area contributed by atoms with Crippen LogP contribution in [0.1, 0.15) is 63.5 Å². The minimum absolute atomic E-state index is 0.135. The van der Waals surface area contributed by atoms with Crippen LogP contribution in [0.5, 0.6) is 0 Å². The van der Waals surface area contributed by atoms with Crippen molar-refractivity contribution in [3.8, 4) is 22.4 Å². The normalized spacial score (nSPS) is 22.3. The number of likely N-dealkylation sites (tertiary alicyclic amines) is 1. The number of hydrogen-bond acceptors (Lipinski definition) is 4. The van der Waals surface area contributed by atoms with Gasteiger partial charge in [0.25, 0.3) is 0 Å². The molecule has 0 amide bonds. The second-order valence-electron chi connectivity index (χ2n) is 12.1. The van der Waals surface area contributed by atoms with E-state index in [1.54, 1.807) is 0 Å². The van der Waals surface area contributed by atoms with Gasteiger partial charge in [-0.15, -0.1) is 0 Å². The largest absolute Gasteiger partial charge is 0.300 e. The molecule has 1 aliphatic heterocycles. The van der Waals surface area contributed by atoms with Crippen molar-refractivity contribution in [1.29, 1.82) is 0 Å². The highest BCUT2D eigenvalue weighted by molar-refractivity contribution is 7.86. The molecule has 7 rings (SSSR count). The van der Waals surface area contributed by atoms with Gasteiger partial charge in [-0.25, -0.2) is 4.98 Å². The van der Waals surface area contributed by atoms with E-state index in [1.807, 2.05) is 18.3 Å². The smallest absolute Gasteiger partial charge is 0.181 e. The molecule has 196 valence electrons. The molecular formula is C32H36N4OS. The number of rotatable bonds is 5. The van der Waals surface area contributed by atoms with Crippen LogP contribution in [0.25, 0.3) is 33.4 Å². The predicted molar refractivity (Wildman–Crippen MR) is 155 cm³/mol. The number of aromatic amines is 1. The Morgan fingerprint density at radius 1 is 0.947 bits per heavy atom. The highest BCUT2D eigenvalue weighted by atomic mass is 32.2. The van der Waals surface area contributed by atoms with Crippen molar-refractivity contribution in [3.05, 3.63) is 65.9 Å². The van der Waals surface area contributed by atoms with Crippen molar-refractivity contribution in [2.24, 2.45) is 0 Å². The van der Waals surface area contributed by atoms with Crippen molar-refractivity contribution in [2.45, 2.75) is 80.4 Å². The van der Waals surface area contributed by atoms with Gasteiger partial charge in [-0.3, -0.25) is 9.31 Å². The lowest BCUT2D eigenvalue weighted by Crippen LogP contribution is -2.36. The van der Waals surface area contributed by atoms with Gasteiger partial charge < -0.3 is 4.90 Å². The highest BCUT2D eigenvalue weighted by Gasteiger charge is 2.34. The van der Waals surface area contributed by atoms with Gasteiger partial charge in [0.15, 0.2) is 5.65 Å². The fraction of sp³-hybridized carbons (Fsp3) is 0.438. The maximum absolute atomic E-state index is 12.6. The van der Waals surface area contributed by atoms with E-state index < -0.39 is 10.8 Å². The van der Waals surface area contributed by atoms with E-state index in [1.165, 1.54) is 55.5 Å². The summed E-state index contributed by atoms with van der Waals surface area (Å²) in [5, 5.41) is 9.04. The molecule has 38 heavy (non-hydrogen) atoms. The highest BCUT2D eigenvalue weighted by Crippen LogP contribution is 2.40. The Morgan fingerprint density at radius 3 is 2.47 bits per heavy atom. The summed E-state index contributed by atoms with van der Waals surface area (Å²) in [5.41, 5.74) is 8.18. The van der Waals surface area contributed by atoms with E-state index in [0.717, 1.165) is 52.0 Å². The first-order valence-corrected chi connectivity index (χ1v) is 15.4. The average molecular weight is 525 g/mol. The first kappa shape index (κ1) is 24.2. The molecule has 1 N–H and O–H groups in total. The minimum Gasteiger partial charge on any atom is -0.300 e. The van der Waals surface area contributed by atoms with Crippen molar-refractivity contribution in [3.63, 3.8) is 0 Å². The van der Waals surface area contributed by atoms with Crippen molar-refractivity contribution in [1.82, 2.24) is 20.1 Å². The number of benzene rings is 2. The van der Waals surface area contributed by atoms with Crippen molar-refractivity contribution in [2.75, 3.05) is 13.1 Å². The van der Waals surface area contributed by atoms with Crippen LogP contribution in [-0.4, -0.2) is 48.7 Å². The van der Waals surface area contributed by atoms with Gasteiger partial charge in [0.2, 0.25) is 0 Å². The van der Waals surface area contributed by atoms with Crippen molar-refractivity contribution < 1.29 is 4.21 Å². The molecule has 2 atom stereocenters. The second-order valence-corrected chi connectivity index (χ2v) is 13.8. The van der Waals surface area contributed by atoms with Crippen LogP contribution in [0.3, 0.4) is 0 Å². The maximum Gasteiger partial charge on any atom is 0.181 e. The molecule has 5 nitrogen and oxygen atoms in total. The van der Waals surface area contributed by atoms with E-state index in [-0.39, 0.29) is 5.41 Å². The van der Waals surface area contributed by atoms with Gasteiger partial charge in [0.1, 0.15) is 0 Å². The third-order valence-electron chi connectivity index (χ3n) is 8.93. The standard InChI is InChI=1S/C32H36N4OS/c1-32(2)19-25(36-15-3-4-16-36)10-7-21-5-6-23(18-29(21)32)24-17-28-30(34-35-31(28)33-20-24)22-8-11-26(12-9-22)38(37)27-13-14-27/h5-6,8-9,11-12,17-18,20,25,27H,3-4,7,10,13-16,19H2,1-2H3,(H,33,34,35). The lowest BCUT2D eigenvalue weighted by Gasteiger charge is -2.33. The molecule has 2 aromatic heterocycles. The number of nitrogens with zero attached hydrogens (tertiary/aromatic N) is 3. The van der Waals surface area contributed by atoms with Crippen LogP contribution in [0.2, 0.25) is 0 Å².